The fourth-order valence-corrected chi connectivity index (χ4v) is 4.35. The standard InChI is InChI=1S/C30H24O2/c1-21(32-25-18-16-24(31)17-19-25)30(23-12-6-3-7-13-23)29-20-28(22-10-4-2-5-11-22)26-14-8-9-15-27(26)29/h2-21,31H,1H3/b30-29+. The Balaban J connectivity index is 1.68. The number of phenolic OH excluding ortho intramolecular Hbond substituents is 1. The summed E-state index contributed by atoms with van der Waals surface area (Å²) in [4.78, 5) is 0. The van der Waals surface area contributed by atoms with E-state index in [9.17, 15) is 5.11 Å². The third kappa shape index (κ3) is 3.83. The van der Waals surface area contributed by atoms with Crippen molar-refractivity contribution >= 4 is 16.7 Å². The molecule has 0 heterocycles. The van der Waals surface area contributed by atoms with E-state index in [1.165, 1.54) is 27.8 Å². The van der Waals surface area contributed by atoms with Gasteiger partial charge in [-0.1, -0.05) is 84.9 Å². The summed E-state index contributed by atoms with van der Waals surface area (Å²) in [6.45, 7) is 2.08. The van der Waals surface area contributed by atoms with Crippen LogP contribution in [0, 0.1) is 0 Å². The molecule has 1 aliphatic carbocycles. The normalized spacial score (nSPS) is 15.0. The number of benzene rings is 4. The monoisotopic (exact) mass is 416 g/mol. The maximum Gasteiger partial charge on any atom is 0.122 e. The molecule has 0 radical (unpaired) electrons. The summed E-state index contributed by atoms with van der Waals surface area (Å²) in [6.07, 6.45) is 2.09. The first-order valence-electron chi connectivity index (χ1n) is 10.8. The third-order valence-corrected chi connectivity index (χ3v) is 5.81. The molecule has 1 unspecified atom stereocenters. The lowest BCUT2D eigenvalue weighted by Crippen LogP contribution is -2.15. The van der Waals surface area contributed by atoms with Gasteiger partial charge in [-0.05, 0) is 70.7 Å². The van der Waals surface area contributed by atoms with Gasteiger partial charge >= 0.3 is 0 Å². The average molecular weight is 417 g/mol. The van der Waals surface area contributed by atoms with Gasteiger partial charge in [-0.15, -0.1) is 0 Å². The van der Waals surface area contributed by atoms with Crippen LogP contribution < -0.4 is 4.74 Å². The molecular formula is C30H24O2. The third-order valence-electron chi connectivity index (χ3n) is 5.81. The van der Waals surface area contributed by atoms with Crippen LogP contribution in [0.5, 0.6) is 11.5 Å². The topological polar surface area (TPSA) is 29.5 Å². The van der Waals surface area contributed by atoms with E-state index in [0.717, 1.165) is 16.9 Å². The average Bonchev–Trinajstić information content (AvgIpc) is 3.21. The highest BCUT2D eigenvalue weighted by molar-refractivity contribution is 6.09. The molecule has 4 aromatic carbocycles. The van der Waals surface area contributed by atoms with Gasteiger partial charge in [0.2, 0.25) is 0 Å². The van der Waals surface area contributed by atoms with E-state index < -0.39 is 0 Å². The molecule has 1 aliphatic rings. The first kappa shape index (κ1) is 19.9. The zero-order valence-electron chi connectivity index (χ0n) is 17.9. The Morgan fingerprint density at radius 2 is 1.28 bits per heavy atom. The van der Waals surface area contributed by atoms with Crippen LogP contribution in [-0.2, 0) is 0 Å². The molecule has 1 N–H and O–H groups in total. The summed E-state index contributed by atoms with van der Waals surface area (Å²) < 4.78 is 6.36. The van der Waals surface area contributed by atoms with Gasteiger partial charge in [0.05, 0.1) is 0 Å². The van der Waals surface area contributed by atoms with Crippen molar-refractivity contribution in [2.75, 3.05) is 0 Å². The second-order valence-corrected chi connectivity index (χ2v) is 7.92. The molecular weight excluding hydrogens is 392 g/mol. The van der Waals surface area contributed by atoms with Gasteiger partial charge in [0, 0.05) is 5.57 Å². The molecule has 2 heteroatoms. The van der Waals surface area contributed by atoms with Gasteiger partial charge in [0.25, 0.3) is 0 Å². The Kier molecular flexibility index (Phi) is 5.35. The maximum absolute atomic E-state index is 9.62. The number of hydrogen-bond donors (Lipinski definition) is 1. The van der Waals surface area contributed by atoms with Crippen molar-refractivity contribution in [2.45, 2.75) is 13.0 Å². The summed E-state index contributed by atoms with van der Waals surface area (Å²) in [5.41, 5.74) is 8.32. The second-order valence-electron chi connectivity index (χ2n) is 7.92. The minimum Gasteiger partial charge on any atom is -0.508 e. The van der Waals surface area contributed by atoms with Crippen molar-refractivity contribution < 1.29 is 9.84 Å². The van der Waals surface area contributed by atoms with Gasteiger partial charge in [-0.2, -0.15) is 0 Å². The van der Waals surface area contributed by atoms with E-state index in [1.807, 2.05) is 12.1 Å². The van der Waals surface area contributed by atoms with Crippen LogP contribution in [0.2, 0.25) is 0 Å². The van der Waals surface area contributed by atoms with Crippen molar-refractivity contribution in [2.24, 2.45) is 0 Å². The van der Waals surface area contributed by atoms with Gasteiger partial charge in [-0.25, -0.2) is 0 Å². The molecule has 0 saturated carbocycles. The van der Waals surface area contributed by atoms with E-state index in [2.05, 4.69) is 85.8 Å². The minimum atomic E-state index is -0.198. The molecule has 1 atom stereocenters. The van der Waals surface area contributed by atoms with E-state index >= 15 is 0 Å². The number of fused-ring (bicyclic) bond motifs is 1. The van der Waals surface area contributed by atoms with Crippen LogP contribution >= 0.6 is 0 Å². The number of aromatic hydroxyl groups is 1. The smallest absolute Gasteiger partial charge is 0.122 e. The maximum atomic E-state index is 9.62. The van der Waals surface area contributed by atoms with E-state index in [1.54, 1.807) is 24.3 Å². The minimum absolute atomic E-state index is 0.198. The van der Waals surface area contributed by atoms with Crippen molar-refractivity contribution in [3.05, 3.63) is 138 Å². The molecule has 4 aromatic rings. The Labute approximate surface area is 188 Å². The molecule has 0 spiro atoms. The number of phenols is 1. The summed E-state index contributed by atoms with van der Waals surface area (Å²) in [7, 11) is 0. The summed E-state index contributed by atoms with van der Waals surface area (Å²) in [5, 5.41) is 9.62. The lowest BCUT2D eigenvalue weighted by molar-refractivity contribution is 0.278. The van der Waals surface area contributed by atoms with Crippen LogP contribution in [0.3, 0.4) is 0 Å². The second kappa shape index (κ2) is 8.60. The van der Waals surface area contributed by atoms with Crippen LogP contribution in [0.25, 0.3) is 16.7 Å². The summed E-state index contributed by atoms with van der Waals surface area (Å²) >= 11 is 0. The van der Waals surface area contributed by atoms with Crippen molar-refractivity contribution in [1.82, 2.24) is 0 Å². The Hall–Kier alpha value is -4.04. The molecule has 2 nitrogen and oxygen atoms in total. The number of ether oxygens (including phenoxy) is 1. The highest BCUT2D eigenvalue weighted by Gasteiger charge is 2.25. The summed E-state index contributed by atoms with van der Waals surface area (Å²) in [5.74, 6) is 0.953. The van der Waals surface area contributed by atoms with Crippen LogP contribution in [0.1, 0.15) is 29.2 Å². The zero-order chi connectivity index (χ0) is 21.9. The lowest BCUT2D eigenvalue weighted by atomic mass is 9.92. The SMILES string of the molecule is CC(Oc1ccc(O)cc1)/C(=C1/C=C(c2ccccc2)c2ccccc21)c1ccccc1. The van der Waals surface area contributed by atoms with Crippen molar-refractivity contribution in [1.29, 1.82) is 0 Å². The van der Waals surface area contributed by atoms with Crippen LogP contribution in [0.15, 0.2) is 115 Å². The van der Waals surface area contributed by atoms with Crippen molar-refractivity contribution in [3.63, 3.8) is 0 Å². The van der Waals surface area contributed by atoms with Gasteiger partial charge < -0.3 is 9.84 Å². The fraction of sp³-hybridized carbons (Fsp3) is 0.0667. The first-order chi connectivity index (χ1) is 15.7. The fourth-order valence-electron chi connectivity index (χ4n) is 4.35. The Bertz CT molecular complexity index is 1280. The van der Waals surface area contributed by atoms with E-state index in [0.29, 0.717) is 0 Å². The highest BCUT2D eigenvalue weighted by atomic mass is 16.5. The Morgan fingerprint density at radius 1 is 0.688 bits per heavy atom. The van der Waals surface area contributed by atoms with E-state index in [-0.39, 0.29) is 11.9 Å². The van der Waals surface area contributed by atoms with Gasteiger partial charge in [0.15, 0.2) is 0 Å². The summed E-state index contributed by atoms with van der Waals surface area (Å²) in [6, 6.07) is 36.4. The molecule has 32 heavy (non-hydrogen) atoms. The molecule has 0 saturated heterocycles. The zero-order valence-corrected chi connectivity index (χ0v) is 17.9. The molecule has 5 rings (SSSR count). The predicted molar refractivity (Wildman–Crippen MR) is 131 cm³/mol. The highest BCUT2D eigenvalue weighted by Crippen LogP contribution is 2.43. The van der Waals surface area contributed by atoms with E-state index in [4.69, 9.17) is 4.74 Å². The van der Waals surface area contributed by atoms with Gasteiger partial charge in [0.1, 0.15) is 17.6 Å². The van der Waals surface area contributed by atoms with Gasteiger partial charge in [-0.3, -0.25) is 0 Å². The molecule has 0 fully saturated rings. The first-order valence-corrected chi connectivity index (χ1v) is 10.8. The lowest BCUT2D eigenvalue weighted by Gasteiger charge is -2.21. The van der Waals surface area contributed by atoms with Crippen LogP contribution in [0.4, 0.5) is 0 Å². The molecule has 0 aliphatic heterocycles. The molecule has 156 valence electrons. The number of allylic oxidation sites excluding steroid dienone is 2. The predicted octanol–water partition coefficient (Wildman–Crippen LogP) is 7.22. The Morgan fingerprint density at radius 3 is 1.97 bits per heavy atom. The van der Waals surface area contributed by atoms with Crippen LogP contribution in [-0.4, -0.2) is 11.2 Å². The van der Waals surface area contributed by atoms with Crippen molar-refractivity contribution in [3.8, 4) is 11.5 Å². The number of hydrogen-bond acceptors (Lipinski definition) is 2. The molecule has 0 bridgehead atoms. The molecule has 0 amide bonds. The largest absolute Gasteiger partial charge is 0.508 e. The molecule has 0 aromatic heterocycles. The number of rotatable bonds is 5. The quantitative estimate of drug-likeness (QED) is 0.372.